The van der Waals surface area contributed by atoms with Crippen molar-refractivity contribution < 1.29 is 4.74 Å². The maximum Gasteiger partial charge on any atom is 0.0814 e. The van der Waals surface area contributed by atoms with Crippen LogP contribution in [0.4, 0.5) is 0 Å². The van der Waals surface area contributed by atoms with Crippen LogP contribution in [0, 0.1) is 5.92 Å². The van der Waals surface area contributed by atoms with Gasteiger partial charge < -0.3 is 9.64 Å². The van der Waals surface area contributed by atoms with E-state index < -0.39 is 0 Å². The standard InChI is InChI=1S/C9H17NO/c1-8-5-9(6-8)7-10(2)3-4-11-9/h8H,3-7H2,1-2H3. The zero-order chi connectivity index (χ0) is 7.90. The lowest BCUT2D eigenvalue weighted by atomic mass is 9.71. The minimum absolute atomic E-state index is 0.270. The molecule has 0 N–H and O–H groups in total. The summed E-state index contributed by atoms with van der Waals surface area (Å²) in [4.78, 5) is 2.38. The van der Waals surface area contributed by atoms with Gasteiger partial charge in [0.1, 0.15) is 0 Å². The maximum absolute atomic E-state index is 5.80. The van der Waals surface area contributed by atoms with Crippen molar-refractivity contribution in [2.45, 2.75) is 25.4 Å². The molecule has 1 saturated heterocycles. The molecule has 2 fully saturated rings. The second-order valence-corrected chi connectivity index (χ2v) is 4.28. The van der Waals surface area contributed by atoms with E-state index in [-0.39, 0.29) is 5.60 Å². The van der Waals surface area contributed by atoms with Crippen molar-refractivity contribution in [2.24, 2.45) is 5.92 Å². The average Bonchev–Trinajstić information content (AvgIpc) is 1.84. The van der Waals surface area contributed by atoms with Gasteiger partial charge in [0.2, 0.25) is 0 Å². The first kappa shape index (κ1) is 7.56. The van der Waals surface area contributed by atoms with Crippen molar-refractivity contribution >= 4 is 0 Å². The number of hydrogen-bond acceptors (Lipinski definition) is 2. The van der Waals surface area contributed by atoms with Gasteiger partial charge in [0.05, 0.1) is 12.2 Å². The Kier molecular flexibility index (Phi) is 1.69. The van der Waals surface area contributed by atoms with Gasteiger partial charge in [-0.3, -0.25) is 0 Å². The minimum atomic E-state index is 0.270. The van der Waals surface area contributed by atoms with Crippen LogP contribution in [0.25, 0.3) is 0 Å². The monoisotopic (exact) mass is 155 g/mol. The van der Waals surface area contributed by atoms with Crippen LogP contribution in [-0.2, 0) is 4.74 Å². The molecular formula is C9H17NO. The molecule has 1 saturated carbocycles. The van der Waals surface area contributed by atoms with Crippen LogP contribution in [0.5, 0.6) is 0 Å². The number of morpholine rings is 1. The van der Waals surface area contributed by atoms with Crippen molar-refractivity contribution in [1.82, 2.24) is 4.90 Å². The number of nitrogens with zero attached hydrogens (tertiary/aromatic N) is 1. The van der Waals surface area contributed by atoms with Gasteiger partial charge in [0.25, 0.3) is 0 Å². The molecule has 0 radical (unpaired) electrons. The fourth-order valence-electron chi connectivity index (χ4n) is 2.49. The molecule has 0 aromatic carbocycles. The molecule has 0 aromatic rings. The van der Waals surface area contributed by atoms with E-state index in [4.69, 9.17) is 4.74 Å². The lowest BCUT2D eigenvalue weighted by Gasteiger charge is -2.50. The Hall–Kier alpha value is -0.0800. The Balaban J connectivity index is 1.93. The van der Waals surface area contributed by atoms with E-state index in [9.17, 15) is 0 Å². The van der Waals surface area contributed by atoms with Gasteiger partial charge in [0, 0.05) is 13.1 Å². The first-order valence-corrected chi connectivity index (χ1v) is 4.53. The summed E-state index contributed by atoms with van der Waals surface area (Å²) in [5.41, 5.74) is 0.270. The van der Waals surface area contributed by atoms with Crippen LogP contribution in [0.1, 0.15) is 19.8 Å². The summed E-state index contributed by atoms with van der Waals surface area (Å²) in [7, 11) is 2.19. The van der Waals surface area contributed by atoms with Crippen LogP contribution in [-0.4, -0.2) is 37.2 Å². The number of rotatable bonds is 0. The van der Waals surface area contributed by atoms with Gasteiger partial charge in [-0.15, -0.1) is 0 Å². The Morgan fingerprint density at radius 3 is 2.73 bits per heavy atom. The van der Waals surface area contributed by atoms with E-state index in [1.54, 1.807) is 0 Å². The maximum atomic E-state index is 5.80. The van der Waals surface area contributed by atoms with Gasteiger partial charge in [0.15, 0.2) is 0 Å². The lowest BCUT2D eigenvalue weighted by Crippen LogP contribution is -2.57. The highest BCUT2D eigenvalue weighted by molar-refractivity contribution is 4.97. The number of likely N-dealkylation sites (N-methyl/N-ethyl adjacent to an activating group) is 1. The number of hydrogen-bond donors (Lipinski definition) is 0. The zero-order valence-electron chi connectivity index (χ0n) is 7.47. The highest BCUT2D eigenvalue weighted by Gasteiger charge is 2.45. The van der Waals surface area contributed by atoms with Crippen molar-refractivity contribution in [2.75, 3.05) is 26.7 Å². The molecule has 2 heteroatoms. The average molecular weight is 155 g/mol. The molecular weight excluding hydrogens is 138 g/mol. The molecule has 0 bridgehead atoms. The molecule has 0 aromatic heterocycles. The zero-order valence-corrected chi connectivity index (χ0v) is 7.47. The van der Waals surface area contributed by atoms with E-state index >= 15 is 0 Å². The van der Waals surface area contributed by atoms with Gasteiger partial charge in [-0.25, -0.2) is 0 Å². The third kappa shape index (κ3) is 1.30. The lowest BCUT2D eigenvalue weighted by molar-refractivity contribution is -0.166. The Morgan fingerprint density at radius 1 is 1.45 bits per heavy atom. The van der Waals surface area contributed by atoms with Gasteiger partial charge in [-0.1, -0.05) is 6.92 Å². The molecule has 1 aliphatic heterocycles. The van der Waals surface area contributed by atoms with E-state index in [1.807, 2.05) is 0 Å². The summed E-state index contributed by atoms with van der Waals surface area (Å²) in [6.45, 7) is 5.50. The molecule has 1 aliphatic carbocycles. The number of ether oxygens (including phenoxy) is 1. The van der Waals surface area contributed by atoms with Crippen molar-refractivity contribution in [1.29, 1.82) is 0 Å². The topological polar surface area (TPSA) is 12.5 Å². The summed E-state index contributed by atoms with van der Waals surface area (Å²) in [6, 6.07) is 0. The van der Waals surface area contributed by atoms with Crippen LogP contribution >= 0.6 is 0 Å². The third-order valence-corrected chi connectivity index (χ3v) is 2.88. The summed E-state index contributed by atoms with van der Waals surface area (Å²) in [6.07, 6.45) is 2.55. The highest BCUT2D eigenvalue weighted by Crippen LogP contribution is 2.42. The molecule has 11 heavy (non-hydrogen) atoms. The van der Waals surface area contributed by atoms with Crippen molar-refractivity contribution in [3.8, 4) is 0 Å². The predicted octanol–water partition coefficient (Wildman–Crippen LogP) is 1.12. The summed E-state index contributed by atoms with van der Waals surface area (Å²) >= 11 is 0. The molecule has 64 valence electrons. The SMILES string of the molecule is CC1CC2(C1)CN(C)CCO2. The largest absolute Gasteiger partial charge is 0.372 e. The molecule has 2 aliphatic rings. The van der Waals surface area contributed by atoms with Crippen LogP contribution in [0.2, 0.25) is 0 Å². The van der Waals surface area contributed by atoms with Crippen molar-refractivity contribution in [3.63, 3.8) is 0 Å². The normalized spacial score (nSPS) is 45.8. The molecule has 1 heterocycles. The molecule has 1 spiro atoms. The summed E-state index contributed by atoms with van der Waals surface area (Å²) in [5.74, 6) is 0.890. The van der Waals surface area contributed by atoms with E-state index in [1.165, 1.54) is 12.8 Å². The first-order chi connectivity index (χ1) is 5.20. The minimum Gasteiger partial charge on any atom is -0.372 e. The Morgan fingerprint density at radius 2 is 2.18 bits per heavy atom. The fraction of sp³-hybridized carbons (Fsp3) is 1.00. The van der Waals surface area contributed by atoms with Crippen molar-refractivity contribution in [3.05, 3.63) is 0 Å². The van der Waals surface area contributed by atoms with E-state index in [0.29, 0.717) is 0 Å². The first-order valence-electron chi connectivity index (χ1n) is 4.53. The second kappa shape index (κ2) is 2.46. The summed E-state index contributed by atoms with van der Waals surface area (Å²) in [5, 5.41) is 0. The Labute approximate surface area is 68.5 Å². The third-order valence-electron chi connectivity index (χ3n) is 2.88. The van der Waals surface area contributed by atoms with Gasteiger partial charge >= 0.3 is 0 Å². The molecule has 0 amide bonds. The molecule has 0 unspecified atom stereocenters. The van der Waals surface area contributed by atoms with Gasteiger partial charge in [-0.2, -0.15) is 0 Å². The summed E-state index contributed by atoms with van der Waals surface area (Å²) < 4.78 is 5.80. The molecule has 2 nitrogen and oxygen atoms in total. The highest BCUT2D eigenvalue weighted by atomic mass is 16.5. The van der Waals surface area contributed by atoms with E-state index in [2.05, 4.69) is 18.9 Å². The Bertz CT molecular complexity index is 146. The molecule has 0 atom stereocenters. The molecule has 2 rings (SSSR count). The second-order valence-electron chi connectivity index (χ2n) is 4.28. The van der Waals surface area contributed by atoms with Crippen LogP contribution in [0.3, 0.4) is 0 Å². The smallest absolute Gasteiger partial charge is 0.0814 e. The predicted molar refractivity (Wildman–Crippen MR) is 44.6 cm³/mol. The fourth-order valence-corrected chi connectivity index (χ4v) is 2.49. The van der Waals surface area contributed by atoms with E-state index in [0.717, 1.165) is 25.6 Å². The van der Waals surface area contributed by atoms with Crippen LogP contribution in [0.15, 0.2) is 0 Å². The van der Waals surface area contributed by atoms with Gasteiger partial charge in [-0.05, 0) is 25.8 Å². The van der Waals surface area contributed by atoms with Crippen LogP contribution < -0.4 is 0 Å². The quantitative estimate of drug-likeness (QED) is 0.519.